The summed E-state index contributed by atoms with van der Waals surface area (Å²) in [5, 5.41) is 2.28. The minimum atomic E-state index is -0.219. The maximum atomic E-state index is 6.87. The summed E-state index contributed by atoms with van der Waals surface area (Å²) >= 11 is 0. The van der Waals surface area contributed by atoms with Gasteiger partial charge in [-0.2, -0.15) is 0 Å². The molecule has 5 heteroatoms. The molecule has 0 bridgehead atoms. The highest BCUT2D eigenvalue weighted by atomic mass is 16.3. The van der Waals surface area contributed by atoms with Crippen molar-refractivity contribution in [3.05, 3.63) is 190 Å². The molecule has 1 aromatic heterocycles. The average Bonchev–Trinajstić information content (AvgIpc) is 3.14. The number of furan rings is 1. The van der Waals surface area contributed by atoms with Gasteiger partial charge in [-0.1, -0.05) is 164 Å². The summed E-state index contributed by atoms with van der Waals surface area (Å²) in [4.78, 5) is 7.81. The lowest BCUT2D eigenvalue weighted by atomic mass is 9.33. The number of rotatable bonds is 5. The van der Waals surface area contributed by atoms with E-state index >= 15 is 0 Å². The predicted octanol–water partition coefficient (Wildman–Crippen LogP) is 18.7. The molecule has 0 spiro atoms. The van der Waals surface area contributed by atoms with E-state index in [0.29, 0.717) is 0 Å². The zero-order valence-electron chi connectivity index (χ0n) is 49.3. The molecule has 9 aromatic rings. The molecule has 13 rings (SSSR count). The van der Waals surface area contributed by atoms with E-state index in [1.165, 1.54) is 95.8 Å². The molecule has 3 heterocycles. The number of hydrogen-bond acceptors (Lipinski definition) is 4. The van der Waals surface area contributed by atoms with Crippen molar-refractivity contribution < 1.29 is 4.42 Å². The number of anilines is 9. The van der Waals surface area contributed by atoms with Crippen molar-refractivity contribution in [1.82, 2.24) is 0 Å². The molecule has 8 aromatic carbocycles. The predicted molar refractivity (Wildman–Crippen MR) is 335 cm³/mol. The van der Waals surface area contributed by atoms with E-state index < -0.39 is 0 Å². The third-order valence-corrected chi connectivity index (χ3v) is 18.9. The van der Waals surface area contributed by atoms with Crippen molar-refractivity contribution >= 4 is 96.2 Å². The summed E-state index contributed by atoms with van der Waals surface area (Å²) in [6.45, 7) is 38.3. The molecule has 0 amide bonds. The van der Waals surface area contributed by atoms with Gasteiger partial charge in [-0.25, -0.2) is 0 Å². The molecule has 2 aliphatic carbocycles. The summed E-state index contributed by atoms with van der Waals surface area (Å²) in [5.74, 6) is 0. The quantitative estimate of drug-likeness (QED) is 0.160. The Labute approximate surface area is 465 Å². The fourth-order valence-corrected chi connectivity index (χ4v) is 14.8. The van der Waals surface area contributed by atoms with Crippen LogP contribution in [0.1, 0.15) is 161 Å². The number of nitrogens with zero attached hydrogens (tertiary/aromatic N) is 3. The van der Waals surface area contributed by atoms with Gasteiger partial charge in [0.05, 0.1) is 0 Å². The molecule has 0 saturated heterocycles. The Kier molecular flexibility index (Phi) is 10.9. The molecule has 78 heavy (non-hydrogen) atoms. The second-order valence-electron chi connectivity index (χ2n) is 28.6. The SMILES string of the molecule is Cc1cc2c3c(c1)N(c1cc4c(cc1C)C(C)(C)CCC4(C)C)c1cc4c(cc1B3c1ccc(N(c3ccccc3)c3ccc(C(C)(C)C)cc3)cc1N2c1cc(C(C)(C)C)c2oc3ccccc3c2c1)C(C)(C)CC4(C)C. The molecule has 394 valence electrons. The molecular formula is C73H78BN3O. The van der Waals surface area contributed by atoms with Crippen LogP contribution in [0.4, 0.5) is 51.2 Å². The first kappa shape index (κ1) is 50.5. The third-order valence-electron chi connectivity index (χ3n) is 18.9. The second-order valence-corrected chi connectivity index (χ2v) is 28.6. The smallest absolute Gasteiger partial charge is 0.252 e. The van der Waals surface area contributed by atoms with Gasteiger partial charge in [-0.15, -0.1) is 0 Å². The molecule has 4 nitrogen and oxygen atoms in total. The van der Waals surface area contributed by atoms with Crippen molar-refractivity contribution in [3.8, 4) is 0 Å². The van der Waals surface area contributed by atoms with Crippen molar-refractivity contribution in [1.29, 1.82) is 0 Å². The fourth-order valence-electron chi connectivity index (χ4n) is 14.8. The molecule has 0 unspecified atom stereocenters. The van der Waals surface area contributed by atoms with E-state index in [-0.39, 0.29) is 39.2 Å². The monoisotopic (exact) mass is 1020 g/mol. The standard InChI is InChI=1S/C73H78BN3O/c1-44-34-63-66-64(35-44)77(60-41-55-53(36-45(60)2)70(9,10)32-33-71(55,11)12)62-42-56-54(72(13,14)43-73(56,15)16)40-59(62)74(66)58-31-30-49(75(47-22-18-17-19-23-47)48-28-26-46(27-29-48)68(3,4)5)39-61(58)76(63)50-37-52-51-24-20-21-25-65(51)78-67(52)57(38-50)69(6,7)8/h17-31,34-42H,32-33,43H2,1-16H3. The van der Waals surface area contributed by atoms with Crippen LogP contribution in [0.2, 0.25) is 0 Å². The van der Waals surface area contributed by atoms with Gasteiger partial charge < -0.3 is 19.1 Å². The van der Waals surface area contributed by atoms with Crippen LogP contribution in [-0.2, 0) is 32.5 Å². The lowest BCUT2D eigenvalue weighted by molar-refractivity contribution is 0.332. The van der Waals surface area contributed by atoms with Crippen LogP contribution >= 0.6 is 0 Å². The maximum absolute atomic E-state index is 6.87. The van der Waals surface area contributed by atoms with Crippen molar-refractivity contribution in [3.63, 3.8) is 0 Å². The minimum Gasteiger partial charge on any atom is -0.456 e. The number of para-hydroxylation sites is 2. The van der Waals surface area contributed by atoms with Gasteiger partial charge in [0.25, 0.3) is 6.71 Å². The van der Waals surface area contributed by atoms with Crippen LogP contribution in [0.15, 0.2) is 150 Å². The molecule has 0 atom stereocenters. The van der Waals surface area contributed by atoms with Crippen molar-refractivity contribution in [2.75, 3.05) is 14.7 Å². The van der Waals surface area contributed by atoms with E-state index in [1.807, 2.05) is 0 Å². The number of hydrogen-bond donors (Lipinski definition) is 0. The van der Waals surface area contributed by atoms with E-state index in [0.717, 1.165) is 57.5 Å². The summed E-state index contributed by atoms with van der Waals surface area (Å²) < 4.78 is 6.87. The molecular weight excluding hydrogens is 946 g/mol. The van der Waals surface area contributed by atoms with Gasteiger partial charge in [-0.3, -0.25) is 0 Å². The van der Waals surface area contributed by atoms with Gasteiger partial charge in [0.1, 0.15) is 11.2 Å². The van der Waals surface area contributed by atoms with Crippen molar-refractivity contribution in [2.45, 2.75) is 163 Å². The van der Waals surface area contributed by atoms with E-state index in [4.69, 9.17) is 4.42 Å². The molecule has 4 aliphatic rings. The van der Waals surface area contributed by atoms with Gasteiger partial charge in [0, 0.05) is 67.5 Å². The highest BCUT2D eigenvalue weighted by Gasteiger charge is 2.49. The topological polar surface area (TPSA) is 22.9 Å². The average molecular weight is 1020 g/mol. The zero-order chi connectivity index (χ0) is 55.0. The highest BCUT2D eigenvalue weighted by molar-refractivity contribution is 7.00. The molecule has 0 saturated carbocycles. The molecule has 0 radical (unpaired) electrons. The number of benzene rings is 8. The van der Waals surface area contributed by atoms with E-state index in [9.17, 15) is 0 Å². The Morgan fingerprint density at radius 1 is 0.474 bits per heavy atom. The van der Waals surface area contributed by atoms with Crippen LogP contribution in [0, 0.1) is 13.8 Å². The first-order valence-corrected chi connectivity index (χ1v) is 28.9. The highest BCUT2D eigenvalue weighted by Crippen LogP contribution is 2.55. The van der Waals surface area contributed by atoms with Crippen LogP contribution in [0.25, 0.3) is 21.9 Å². The van der Waals surface area contributed by atoms with Crippen LogP contribution in [0.5, 0.6) is 0 Å². The van der Waals surface area contributed by atoms with E-state index in [2.05, 4.69) is 271 Å². The van der Waals surface area contributed by atoms with E-state index in [1.54, 1.807) is 0 Å². The molecule has 2 aliphatic heterocycles. The van der Waals surface area contributed by atoms with Crippen LogP contribution < -0.4 is 31.1 Å². The molecule has 0 N–H and O–H groups in total. The van der Waals surface area contributed by atoms with Gasteiger partial charge >= 0.3 is 0 Å². The first-order valence-electron chi connectivity index (χ1n) is 28.9. The lowest BCUT2D eigenvalue weighted by Crippen LogP contribution is -2.61. The van der Waals surface area contributed by atoms with Gasteiger partial charge in [0.2, 0.25) is 0 Å². The summed E-state index contributed by atoms with van der Waals surface area (Å²) in [6, 6.07) is 56.5. The summed E-state index contributed by atoms with van der Waals surface area (Å²) in [7, 11) is 0. The van der Waals surface area contributed by atoms with Gasteiger partial charge in [-0.05, 0) is 200 Å². The normalized spacial score (nSPS) is 17.4. The second kappa shape index (κ2) is 16.8. The summed E-state index contributed by atoms with van der Waals surface area (Å²) in [6.07, 6.45) is 3.45. The first-order chi connectivity index (χ1) is 36.7. The number of fused-ring (bicyclic) bond motifs is 9. The van der Waals surface area contributed by atoms with Gasteiger partial charge in [0.15, 0.2) is 0 Å². The maximum Gasteiger partial charge on any atom is 0.252 e. The fraction of sp³-hybridized carbons (Fsp3) is 0.342. The Morgan fingerprint density at radius 3 is 1.71 bits per heavy atom. The Morgan fingerprint density at radius 2 is 1.04 bits per heavy atom. The Bertz CT molecular complexity index is 3950. The Hall–Kier alpha value is -6.98. The van der Waals surface area contributed by atoms with Crippen LogP contribution in [-0.4, -0.2) is 6.71 Å². The molecule has 0 fully saturated rings. The largest absolute Gasteiger partial charge is 0.456 e. The van der Waals surface area contributed by atoms with Crippen molar-refractivity contribution in [2.24, 2.45) is 0 Å². The lowest BCUT2D eigenvalue weighted by Gasteiger charge is -2.47. The number of aryl methyl sites for hydroxylation is 2. The Balaban J connectivity index is 1.15. The summed E-state index contributed by atoms with van der Waals surface area (Å²) in [5.41, 5.74) is 27.7. The minimum absolute atomic E-state index is 0.00463. The van der Waals surface area contributed by atoms with Crippen LogP contribution in [0.3, 0.4) is 0 Å². The zero-order valence-corrected chi connectivity index (χ0v) is 49.3. The third kappa shape index (κ3) is 7.67.